The van der Waals surface area contributed by atoms with Gasteiger partial charge < -0.3 is 14.3 Å². The van der Waals surface area contributed by atoms with Gasteiger partial charge in [-0.1, -0.05) is 65.8 Å². The first-order chi connectivity index (χ1) is 13.1. The van der Waals surface area contributed by atoms with E-state index in [4.69, 9.17) is 4.52 Å². The van der Waals surface area contributed by atoms with E-state index >= 15 is 0 Å². The highest BCUT2D eigenvalue weighted by molar-refractivity contribution is 5.74. The topological polar surface area (TPSA) is 49.6 Å². The van der Waals surface area contributed by atoms with Crippen LogP contribution in [0.5, 0.6) is 0 Å². The second kappa shape index (κ2) is 7.27. The van der Waals surface area contributed by atoms with Crippen molar-refractivity contribution < 1.29 is 9.32 Å². The molecule has 3 aromatic rings. The molecule has 1 aliphatic heterocycles. The van der Waals surface area contributed by atoms with Crippen molar-refractivity contribution >= 4 is 6.03 Å². The molecular formula is C22H23N3O2. The van der Waals surface area contributed by atoms with E-state index in [1.807, 2.05) is 41.3 Å². The van der Waals surface area contributed by atoms with Crippen LogP contribution < -0.4 is 0 Å². The number of amides is 2. The van der Waals surface area contributed by atoms with Crippen molar-refractivity contribution in [1.82, 2.24) is 15.0 Å². The summed E-state index contributed by atoms with van der Waals surface area (Å²) in [4.78, 5) is 15.9. The minimum Gasteiger partial charge on any atom is -0.361 e. The number of urea groups is 1. The van der Waals surface area contributed by atoms with Crippen molar-refractivity contribution in [1.29, 1.82) is 0 Å². The highest BCUT2D eigenvalue weighted by Crippen LogP contribution is 2.36. The normalized spacial score (nSPS) is 13.5. The van der Waals surface area contributed by atoms with E-state index in [2.05, 4.69) is 29.4 Å². The third kappa shape index (κ3) is 3.33. The lowest BCUT2D eigenvalue weighted by Crippen LogP contribution is -2.42. The van der Waals surface area contributed by atoms with Gasteiger partial charge in [0.1, 0.15) is 11.5 Å². The monoisotopic (exact) mass is 361 g/mol. The molecule has 1 aromatic heterocycles. The Balaban J connectivity index is 1.77. The zero-order chi connectivity index (χ0) is 18.8. The number of hydrogen-bond donors (Lipinski definition) is 0. The molecular weight excluding hydrogens is 338 g/mol. The van der Waals surface area contributed by atoms with Crippen LogP contribution in [0.1, 0.15) is 34.1 Å². The Morgan fingerprint density at radius 1 is 1.04 bits per heavy atom. The minimum atomic E-state index is -0.0192. The van der Waals surface area contributed by atoms with Crippen LogP contribution >= 0.6 is 0 Å². The molecule has 5 nitrogen and oxygen atoms in total. The van der Waals surface area contributed by atoms with Crippen LogP contribution in [0, 0.1) is 0 Å². The zero-order valence-electron chi connectivity index (χ0n) is 15.6. The third-order valence-electron chi connectivity index (χ3n) is 5.05. The summed E-state index contributed by atoms with van der Waals surface area (Å²) in [5, 5.41) is 4.46. The Hall–Kier alpha value is -3.08. The number of nitrogens with zero attached hydrogens (tertiary/aromatic N) is 3. The molecule has 0 spiro atoms. The molecule has 0 fully saturated rings. The standard InChI is InChI=1S/C22H23N3O2/c1-24(2)22(26)25-14-13-19-18(15-25)21(23-27-19)20(16-9-5-3-6-10-16)17-11-7-4-8-12-17/h3-12,20H,13-15H2,1-2H3. The fraction of sp³-hybridized carbons (Fsp3) is 0.273. The van der Waals surface area contributed by atoms with E-state index in [1.54, 1.807) is 19.0 Å². The molecule has 0 bridgehead atoms. The SMILES string of the molecule is CN(C)C(=O)N1CCc2onc(C(c3ccccc3)c3ccccc3)c2C1. The van der Waals surface area contributed by atoms with E-state index in [0.717, 1.165) is 28.1 Å². The molecule has 5 heteroatoms. The Labute approximate surface area is 159 Å². The van der Waals surface area contributed by atoms with Crippen LogP contribution in [-0.2, 0) is 13.0 Å². The molecule has 2 amide bonds. The molecule has 0 atom stereocenters. The maximum absolute atomic E-state index is 12.5. The highest BCUT2D eigenvalue weighted by atomic mass is 16.5. The van der Waals surface area contributed by atoms with Gasteiger partial charge in [-0.15, -0.1) is 0 Å². The maximum atomic E-state index is 12.5. The van der Waals surface area contributed by atoms with Crippen LogP contribution in [0.25, 0.3) is 0 Å². The van der Waals surface area contributed by atoms with Crippen LogP contribution in [-0.4, -0.2) is 41.6 Å². The molecule has 0 N–H and O–H groups in total. The van der Waals surface area contributed by atoms with Gasteiger partial charge in [0.15, 0.2) is 0 Å². The number of aromatic nitrogens is 1. The van der Waals surface area contributed by atoms with Gasteiger partial charge in [-0.2, -0.15) is 0 Å². The summed E-state index contributed by atoms with van der Waals surface area (Å²) in [5.41, 5.74) is 4.26. The molecule has 1 aliphatic rings. The number of rotatable bonds is 3. The molecule has 0 saturated carbocycles. The lowest BCUT2D eigenvalue weighted by molar-refractivity contribution is 0.163. The summed E-state index contributed by atoms with van der Waals surface area (Å²) < 4.78 is 5.70. The Bertz CT molecular complexity index is 880. The molecule has 0 radical (unpaired) electrons. The van der Waals surface area contributed by atoms with Crippen molar-refractivity contribution in [2.24, 2.45) is 0 Å². The summed E-state index contributed by atoms with van der Waals surface area (Å²) in [7, 11) is 3.56. The summed E-state index contributed by atoms with van der Waals surface area (Å²) in [5.74, 6) is 0.874. The lowest BCUT2D eigenvalue weighted by atomic mass is 9.85. The van der Waals surface area contributed by atoms with Gasteiger partial charge in [-0.25, -0.2) is 4.79 Å². The zero-order valence-corrected chi connectivity index (χ0v) is 15.6. The smallest absolute Gasteiger partial charge is 0.319 e. The molecule has 0 unspecified atom stereocenters. The Morgan fingerprint density at radius 3 is 2.19 bits per heavy atom. The maximum Gasteiger partial charge on any atom is 0.319 e. The van der Waals surface area contributed by atoms with Gasteiger partial charge in [-0.3, -0.25) is 0 Å². The fourth-order valence-electron chi connectivity index (χ4n) is 3.70. The molecule has 0 aliphatic carbocycles. The van der Waals surface area contributed by atoms with E-state index < -0.39 is 0 Å². The summed E-state index contributed by atoms with van der Waals surface area (Å²) in [6.45, 7) is 1.18. The van der Waals surface area contributed by atoms with Crippen molar-refractivity contribution in [3.8, 4) is 0 Å². The van der Waals surface area contributed by atoms with Crippen molar-refractivity contribution in [2.45, 2.75) is 18.9 Å². The summed E-state index contributed by atoms with van der Waals surface area (Å²) in [6, 6.07) is 20.7. The Kier molecular flexibility index (Phi) is 4.67. The number of benzene rings is 2. The number of fused-ring (bicyclic) bond motifs is 1. The third-order valence-corrected chi connectivity index (χ3v) is 5.05. The van der Waals surface area contributed by atoms with Gasteiger partial charge in [-0.05, 0) is 11.1 Å². The van der Waals surface area contributed by atoms with E-state index in [-0.39, 0.29) is 11.9 Å². The molecule has 27 heavy (non-hydrogen) atoms. The average molecular weight is 361 g/mol. The van der Waals surface area contributed by atoms with Crippen molar-refractivity contribution in [3.05, 3.63) is 88.8 Å². The molecule has 2 aromatic carbocycles. The average Bonchev–Trinajstić information content (AvgIpc) is 3.12. The number of hydrogen-bond acceptors (Lipinski definition) is 3. The van der Waals surface area contributed by atoms with E-state index in [1.165, 1.54) is 0 Å². The molecule has 4 rings (SSSR count). The first-order valence-electron chi connectivity index (χ1n) is 9.18. The largest absolute Gasteiger partial charge is 0.361 e. The Morgan fingerprint density at radius 2 is 1.63 bits per heavy atom. The quantitative estimate of drug-likeness (QED) is 0.711. The first kappa shape index (κ1) is 17.3. The second-order valence-corrected chi connectivity index (χ2v) is 7.07. The van der Waals surface area contributed by atoms with Crippen LogP contribution in [0.2, 0.25) is 0 Å². The van der Waals surface area contributed by atoms with Crippen LogP contribution in [0.15, 0.2) is 65.2 Å². The van der Waals surface area contributed by atoms with E-state index in [0.29, 0.717) is 19.5 Å². The molecule has 2 heterocycles. The van der Waals surface area contributed by atoms with Gasteiger partial charge in [0, 0.05) is 32.6 Å². The van der Waals surface area contributed by atoms with Gasteiger partial charge in [0.25, 0.3) is 0 Å². The minimum absolute atomic E-state index is 0.0174. The lowest BCUT2D eigenvalue weighted by Gasteiger charge is -2.29. The van der Waals surface area contributed by atoms with Crippen LogP contribution in [0.3, 0.4) is 0 Å². The van der Waals surface area contributed by atoms with Gasteiger partial charge >= 0.3 is 6.03 Å². The fourth-order valence-corrected chi connectivity index (χ4v) is 3.70. The van der Waals surface area contributed by atoms with Crippen LogP contribution in [0.4, 0.5) is 4.79 Å². The van der Waals surface area contributed by atoms with Gasteiger partial charge in [0.05, 0.1) is 12.5 Å². The predicted molar refractivity (Wildman–Crippen MR) is 104 cm³/mol. The number of carbonyl (C=O) groups is 1. The van der Waals surface area contributed by atoms with Gasteiger partial charge in [0.2, 0.25) is 0 Å². The second-order valence-electron chi connectivity index (χ2n) is 7.07. The van der Waals surface area contributed by atoms with Crippen molar-refractivity contribution in [3.63, 3.8) is 0 Å². The molecule has 0 saturated heterocycles. The predicted octanol–water partition coefficient (Wildman–Crippen LogP) is 3.89. The summed E-state index contributed by atoms with van der Waals surface area (Å²) >= 11 is 0. The van der Waals surface area contributed by atoms with Crippen molar-refractivity contribution in [2.75, 3.05) is 20.6 Å². The molecule has 138 valence electrons. The van der Waals surface area contributed by atoms with E-state index in [9.17, 15) is 4.79 Å². The summed E-state index contributed by atoms with van der Waals surface area (Å²) in [6.07, 6.45) is 0.693. The highest BCUT2D eigenvalue weighted by Gasteiger charge is 2.32. The first-order valence-corrected chi connectivity index (χ1v) is 9.18. The number of carbonyl (C=O) groups excluding carboxylic acids is 1.